The highest BCUT2D eigenvalue weighted by Crippen LogP contribution is 2.36. The number of halogens is 4. The van der Waals surface area contributed by atoms with Crippen molar-refractivity contribution in [1.82, 2.24) is 10.2 Å². The molecule has 12 heteroatoms. The van der Waals surface area contributed by atoms with Gasteiger partial charge in [0.1, 0.15) is 12.6 Å². The number of carbonyl (C=O) groups is 2. The number of hydrogen-bond acceptors (Lipinski definition) is 4. The van der Waals surface area contributed by atoms with Gasteiger partial charge < -0.3 is 10.2 Å². The third-order valence-electron chi connectivity index (χ3n) is 6.45. The predicted octanol–water partition coefficient (Wildman–Crippen LogP) is 5.21. The van der Waals surface area contributed by atoms with Crippen LogP contribution in [0.2, 0.25) is 5.02 Å². The van der Waals surface area contributed by atoms with Gasteiger partial charge in [0.15, 0.2) is 0 Å². The average Bonchev–Trinajstić information content (AvgIpc) is 2.90. The van der Waals surface area contributed by atoms with Crippen molar-refractivity contribution in [2.45, 2.75) is 39.0 Å². The largest absolute Gasteiger partial charge is 0.416 e. The second-order valence-corrected chi connectivity index (χ2v) is 11.8. The lowest BCUT2D eigenvalue weighted by Gasteiger charge is -2.34. The summed E-state index contributed by atoms with van der Waals surface area (Å²) in [7, 11) is -4.29. The van der Waals surface area contributed by atoms with Gasteiger partial charge in [-0.25, -0.2) is 8.42 Å². The van der Waals surface area contributed by atoms with Crippen LogP contribution >= 0.6 is 11.6 Å². The molecule has 3 aromatic rings. The summed E-state index contributed by atoms with van der Waals surface area (Å²) < 4.78 is 66.7. The number of amides is 2. The van der Waals surface area contributed by atoms with E-state index in [0.29, 0.717) is 15.9 Å². The summed E-state index contributed by atoms with van der Waals surface area (Å²) in [5.41, 5.74) is 0.684. The maximum Gasteiger partial charge on any atom is 0.416 e. The number of likely N-dealkylation sites (N-methyl/N-ethyl adjacent to an activating group) is 1. The summed E-state index contributed by atoms with van der Waals surface area (Å²) in [5.74, 6) is -1.25. The normalized spacial score (nSPS) is 12.5. The number of carbonyl (C=O) groups excluding carboxylic acids is 2. The number of benzene rings is 3. The molecule has 0 aromatic heterocycles. The second-order valence-electron chi connectivity index (χ2n) is 9.48. The quantitative estimate of drug-likeness (QED) is 0.323. The highest BCUT2D eigenvalue weighted by molar-refractivity contribution is 7.92. The van der Waals surface area contributed by atoms with E-state index in [2.05, 4.69) is 5.32 Å². The summed E-state index contributed by atoms with van der Waals surface area (Å²) in [5, 5.41) is 2.45. The van der Waals surface area contributed by atoms with E-state index in [-0.39, 0.29) is 24.5 Å². The van der Waals surface area contributed by atoms with Crippen LogP contribution in [0.4, 0.5) is 18.9 Å². The zero-order chi connectivity index (χ0) is 30.4. The van der Waals surface area contributed by atoms with Crippen molar-refractivity contribution in [2.75, 3.05) is 23.7 Å². The molecular formula is C29H31ClF3N3O4S. The number of alkyl halides is 3. The van der Waals surface area contributed by atoms with E-state index in [1.165, 1.54) is 4.90 Å². The third-order valence-corrected chi connectivity index (χ3v) is 7.89. The highest BCUT2D eigenvalue weighted by atomic mass is 35.5. The first kappa shape index (κ1) is 32.0. The molecule has 0 radical (unpaired) electrons. The minimum atomic E-state index is -4.78. The molecule has 1 atom stereocenters. The van der Waals surface area contributed by atoms with Gasteiger partial charge in [-0.2, -0.15) is 13.2 Å². The number of nitrogens with one attached hydrogen (secondary N) is 1. The summed E-state index contributed by atoms with van der Waals surface area (Å²) in [6.45, 7) is 2.92. The van der Waals surface area contributed by atoms with Crippen molar-refractivity contribution < 1.29 is 31.2 Å². The standard InChI is InChI=1S/C29H31ClF3N3O4S/c1-4-34-28(38)26(16-21-11-6-5-7-12-21)35(18-22-13-9-8-10-20(22)2)27(37)19-36(41(3,39)40)25-17-23(29(31,32)33)14-15-24(25)30/h5-15,17,26H,4,16,18-19H2,1-3H3,(H,34,38)/t26-/m0/s1. The summed E-state index contributed by atoms with van der Waals surface area (Å²) in [4.78, 5) is 28.6. The molecule has 3 aromatic carbocycles. The Kier molecular flexibility index (Phi) is 10.4. The summed E-state index contributed by atoms with van der Waals surface area (Å²) >= 11 is 6.16. The van der Waals surface area contributed by atoms with Crippen molar-refractivity contribution in [3.63, 3.8) is 0 Å². The first-order chi connectivity index (χ1) is 19.2. The molecule has 0 bridgehead atoms. The molecule has 0 spiro atoms. The van der Waals surface area contributed by atoms with Gasteiger partial charge in [0.2, 0.25) is 21.8 Å². The van der Waals surface area contributed by atoms with Crippen molar-refractivity contribution in [3.05, 3.63) is 100 Å². The number of sulfonamides is 1. The average molecular weight is 610 g/mol. The smallest absolute Gasteiger partial charge is 0.355 e. The maximum atomic E-state index is 14.0. The summed E-state index contributed by atoms with van der Waals surface area (Å²) in [6, 6.07) is 17.4. The Morgan fingerprint density at radius 3 is 2.22 bits per heavy atom. The van der Waals surface area contributed by atoms with Crippen molar-refractivity contribution in [1.29, 1.82) is 0 Å². The fraction of sp³-hybridized carbons (Fsp3) is 0.310. The Morgan fingerprint density at radius 2 is 1.63 bits per heavy atom. The second kappa shape index (κ2) is 13.4. The molecule has 0 aliphatic heterocycles. The zero-order valence-electron chi connectivity index (χ0n) is 22.8. The monoisotopic (exact) mass is 609 g/mol. The van der Waals surface area contributed by atoms with Gasteiger partial charge in [-0.1, -0.05) is 66.2 Å². The number of hydrogen-bond donors (Lipinski definition) is 1. The minimum absolute atomic E-state index is 0.0476. The number of rotatable bonds is 11. The molecule has 41 heavy (non-hydrogen) atoms. The first-order valence-corrected chi connectivity index (χ1v) is 14.9. The van der Waals surface area contributed by atoms with Crippen molar-refractivity contribution >= 4 is 39.1 Å². The van der Waals surface area contributed by atoms with E-state index in [9.17, 15) is 31.2 Å². The van der Waals surface area contributed by atoms with E-state index >= 15 is 0 Å². The van der Waals surface area contributed by atoms with E-state index in [0.717, 1.165) is 29.5 Å². The van der Waals surface area contributed by atoms with Crippen LogP contribution in [0.1, 0.15) is 29.2 Å². The molecule has 3 rings (SSSR count). The van der Waals surface area contributed by atoms with Gasteiger partial charge in [-0.3, -0.25) is 13.9 Å². The van der Waals surface area contributed by atoms with Gasteiger partial charge in [0, 0.05) is 19.5 Å². The first-order valence-electron chi connectivity index (χ1n) is 12.7. The molecule has 0 aliphatic rings. The molecule has 0 saturated carbocycles. The molecular weight excluding hydrogens is 579 g/mol. The molecule has 0 aliphatic carbocycles. The topological polar surface area (TPSA) is 86.8 Å². The fourth-order valence-corrected chi connectivity index (χ4v) is 5.41. The Labute approximate surface area is 243 Å². The van der Waals surface area contributed by atoms with E-state index in [4.69, 9.17) is 11.6 Å². The zero-order valence-corrected chi connectivity index (χ0v) is 24.4. The van der Waals surface area contributed by atoms with Crippen LogP contribution in [0, 0.1) is 6.92 Å². The molecule has 1 N–H and O–H groups in total. The van der Waals surface area contributed by atoms with Crippen LogP contribution in [0.15, 0.2) is 72.8 Å². The Bertz CT molecular complexity index is 1480. The summed E-state index contributed by atoms with van der Waals surface area (Å²) in [6.07, 6.45) is -3.89. The number of nitrogens with zero attached hydrogens (tertiary/aromatic N) is 2. The lowest BCUT2D eigenvalue weighted by molar-refractivity contribution is -0.140. The van der Waals surface area contributed by atoms with Crippen LogP contribution in [0.5, 0.6) is 0 Å². The predicted molar refractivity (Wildman–Crippen MR) is 153 cm³/mol. The highest BCUT2D eigenvalue weighted by Gasteiger charge is 2.35. The van der Waals surface area contributed by atoms with Gasteiger partial charge in [-0.05, 0) is 48.7 Å². The van der Waals surface area contributed by atoms with Crippen LogP contribution in [-0.2, 0) is 38.8 Å². The molecule has 2 amide bonds. The van der Waals surface area contributed by atoms with Gasteiger partial charge in [0.25, 0.3) is 0 Å². The lowest BCUT2D eigenvalue weighted by Crippen LogP contribution is -2.53. The van der Waals surface area contributed by atoms with Crippen LogP contribution < -0.4 is 9.62 Å². The molecule has 0 heterocycles. The Balaban J connectivity index is 2.11. The molecule has 220 valence electrons. The van der Waals surface area contributed by atoms with Gasteiger partial charge in [-0.15, -0.1) is 0 Å². The van der Waals surface area contributed by atoms with Crippen molar-refractivity contribution in [2.24, 2.45) is 0 Å². The molecule has 0 fully saturated rings. The number of anilines is 1. The Morgan fingerprint density at radius 1 is 1.00 bits per heavy atom. The van der Waals surface area contributed by atoms with Gasteiger partial charge in [0.05, 0.1) is 22.5 Å². The lowest BCUT2D eigenvalue weighted by atomic mass is 10.0. The maximum absolute atomic E-state index is 14.0. The Hall–Kier alpha value is -3.57. The van der Waals surface area contributed by atoms with E-state index in [1.54, 1.807) is 43.3 Å². The fourth-order valence-electron chi connectivity index (χ4n) is 4.29. The third kappa shape index (κ3) is 8.46. The van der Waals surface area contributed by atoms with Crippen LogP contribution in [0.3, 0.4) is 0 Å². The van der Waals surface area contributed by atoms with Gasteiger partial charge >= 0.3 is 6.18 Å². The molecule has 7 nitrogen and oxygen atoms in total. The SMILES string of the molecule is CCNC(=O)[C@H](Cc1ccccc1)N(Cc1ccccc1C)C(=O)CN(c1cc(C(F)(F)F)ccc1Cl)S(C)(=O)=O. The van der Waals surface area contributed by atoms with E-state index < -0.39 is 51.9 Å². The van der Waals surface area contributed by atoms with Crippen LogP contribution in [0.25, 0.3) is 0 Å². The van der Waals surface area contributed by atoms with E-state index in [1.807, 2.05) is 25.1 Å². The number of aryl methyl sites for hydroxylation is 1. The minimum Gasteiger partial charge on any atom is -0.355 e. The molecule has 0 saturated heterocycles. The van der Waals surface area contributed by atoms with Crippen LogP contribution in [-0.4, -0.2) is 50.5 Å². The van der Waals surface area contributed by atoms with Crippen molar-refractivity contribution in [3.8, 4) is 0 Å². The molecule has 0 unspecified atom stereocenters.